The van der Waals surface area contributed by atoms with Crippen LogP contribution in [-0.2, 0) is 24.2 Å². The Morgan fingerprint density at radius 2 is 1.91 bits per heavy atom. The molecule has 1 aromatic rings. The standard InChI is InChI=1S/C26H39NO6S2/c1-16-9-8-10-17(2)24(29)19(4)25(30)26(6,7)35(31,32)15-23(28)33-22(12-11-16)18(3)13-21-14-34-20(5)27-21/h11,13-14,17,19,22,24,29H,8-10,12,15H2,1-7H3/b16-11?,18-13+/t17-,19+,22?,24+/m0/s1. The van der Waals surface area contributed by atoms with Gasteiger partial charge in [0, 0.05) is 17.7 Å². The van der Waals surface area contributed by atoms with Crippen molar-refractivity contribution in [2.75, 3.05) is 5.75 Å². The molecule has 35 heavy (non-hydrogen) atoms. The molecule has 1 aliphatic rings. The molecule has 1 unspecified atom stereocenters. The third kappa shape index (κ3) is 7.57. The van der Waals surface area contributed by atoms with Gasteiger partial charge in [0.05, 0.1) is 16.8 Å². The number of thiazole rings is 1. The number of aliphatic hydroxyl groups excluding tert-OH is 1. The van der Waals surface area contributed by atoms with E-state index in [0.717, 1.165) is 34.7 Å². The van der Waals surface area contributed by atoms with Gasteiger partial charge in [0.1, 0.15) is 16.6 Å². The highest BCUT2D eigenvalue weighted by molar-refractivity contribution is 7.94. The number of nitrogens with zero attached hydrogens (tertiary/aromatic N) is 1. The van der Waals surface area contributed by atoms with Crippen LogP contribution in [0.5, 0.6) is 0 Å². The minimum absolute atomic E-state index is 0.169. The fraction of sp³-hybridized carbons (Fsp3) is 0.654. The molecule has 4 atom stereocenters. The average Bonchev–Trinajstić information content (AvgIpc) is 3.17. The maximum absolute atomic E-state index is 13.2. The Balaban J connectivity index is 2.41. The molecule has 2 rings (SSSR count). The van der Waals surface area contributed by atoms with Crippen molar-refractivity contribution in [2.24, 2.45) is 11.8 Å². The molecule has 1 N–H and O–H groups in total. The second-order valence-corrected chi connectivity index (χ2v) is 13.8. The number of aryl methyl sites for hydroxylation is 1. The van der Waals surface area contributed by atoms with Crippen molar-refractivity contribution in [1.29, 1.82) is 0 Å². The highest BCUT2D eigenvalue weighted by Crippen LogP contribution is 2.29. The van der Waals surface area contributed by atoms with Crippen molar-refractivity contribution in [3.8, 4) is 0 Å². The third-order valence-corrected chi connectivity index (χ3v) is 10.1. The second kappa shape index (κ2) is 11.9. The summed E-state index contributed by atoms with van der Waals surface area (Å²) in [6.45, 7) is 11.8. The van der Waals surface area contributed by atoms with Gasteiger partial charge in [-0.3, -0.25) is 9.59 Å². The van der Waals surface area contributed by atoms with E-state index in [1.54, 1.807) is 6.92 Å². The SMILES string of the molecule is CC1=CCC(/C(C)=C/c2csc(C)n2)OC(=O)CS(=O)(=O)C(C)(C)C(=O)[C@H](C)[C@H](O)[C@@H](C)CCC1. The van der Waals surface area contributed by atoms with Gasteiger partial charge in [0.15, 0.2) is 15.6 Å². The maximum atomic E-state index is 13.2. The van der Waals surface area contributed by atoms with Crippen LogP contribution in [0.1, 0.15) is 77.9 Å². The summed E-state index contributed by atoms with van der Waals surface area (Å²) in [6.07, 6.45) is 4.98. The number of hydrogen-bond donors (Lipinski definition) is 1. The Morgan fingerprint density at radius 1 is 1.26 bits per heavy atom. The number of esters is 1. The number of hydrogen-bond acceptors (Lipinski definition) is 8. The molecule has 196 valence electrons. The smallest absolute Gasteiger partial charge is 0.321 e. The monoisotopic (exact) mass is 525 g/mol. The number of allylic oxidation sites excluding steroid dienone is 1. The average molecular weight is 526 g/mol. The molecule has 0 saturated heterocycles. The summed E-state index contributed by atoms with van der Waals surface area (Å²) in [5.41, 5.74) is 2.64. The molecule has 0 aromatic carbocycles. The van der Waals surface area contributed by atoms with Gasteiger partial charge in [-0.25, -0.2) is 13.4 Å². The molecule has 9 heteroatoms. The Hall–Kier alpha value is -1.84. The van der Waals surface area contributed by atoms with Crippen molar-refractivity contribution >= 4 is 39.0 Å². The Morgan fingerprint density at radius 3 is 2.51 bits per heavy atom. The van der Waals surface area contributed by atoms with Crippen LogP contribution in [0.25, 0.3) is 6.08 Å². The van der Waals surface area contributed by atoms with E-state index in [1.807, 2.05) is 45.2 Å². The Kier molecular flexibility index (Phi) is 10.0. The van der Waals surface area contributed by atoms with Crippen LogP contribution >= 0.6 is 11.3 Å². The summed E-state index contributed by atoms with van der Waals surface area (Å²) in [6, 6.07) is 0. The van der Waals surface area contributed by atoms with Crippen molar-refractivity contribution in [3.05, 3.63) is 33.3 Å². The summed E-state index contributed by atoms with van der Waals surface area (Å²) in [5, 5.41) is 13.6. The van der Waals surface area contributed by atoms with Gasteiger partial charge in [0.2, 0.25) is 0 Å². The first kappa shape index (κ1) is 29.4. The van der Waals surface area contributed by atoms with E-state index in [9.17, 15) is 23.1 Å². The number of ether oxygens (including phenoxy) is 1. The summed E-state index contributed by atoms with van der Waals surface area (Å²) in [5.74, 6) is -3.46. The topological polar surface area (TPSA) is 111 Å². The summed E-state index contributed by atoms with van der Waals surface area (Å²) >= 11 is 1.52. The molecule has 0 bridgehead atoms. The molecular weight excluding hydrogens is 486 g/mol. The number of cyclic esters (lactones) is 1. The lowest BCUT2D eigenvalue weighted by Gasteiger charge is -2.31. The highest BCUT2D eigenvalue weighted by Gasteiger charge is 2.46. The van der Waals surface area contributed by atoms with Crippen molar-refractivity contribution < 1.29 is 27.9 Å². The predicted octanol–water partition coefficient (Wildman–Crippen LogP) is 4.68. The van der Waals surface area contributed by atoms with Crippen LogP contribution < -0.4 is 0 Å². The molecule has 0 amide bonds. The van der Waals surface area contributed by atoms with E-state index >= 15 is 0 Å². The van der Waals surface area contributed by atoms with Gasteiger partial charge < -0.3 is 9.84 Å². The molecule has 2 heterocycles. The molecule has 0 spiro atoms. The quantitative estimate of drug-likeness (QED) is 0.441. The van der Waals surface area contributed by atoms with Crippen molar-refractivity contribution in [3.63, 3.8) is 0 Å². The normalized spacial score (nSPS) is 29.4. The summed E-state index contributed by atoms with van der Waals surface area (Å²) in [4.78, 5) is 30.4. The van der Waals surface area contributed by atoms with Crippen molar-refractivity contribution in [1.82, 2.24) is 4.98 Å². The van der Waals surface area contributed by atoms with Gasteiger partial charge in [0.25, 0.3) is 0 Å². The first-order valence-electron chi connectivity index (χ1n) is 12.1. The fourth-order valence-electron chi connectivity index (χ4n) is 4.26. The minimum atomic E-state index is -4.19. The number of aromatic nitrogens is 1. The van der Waals surface area contributed by atoms with Crippen LogP contribution in [0.3, 0.4) is 0 Å². The molecule has 1 aliphatic heterocycles. The highest BCUT2D eigenvalue weighted by atomic mass is 32.2. The molecule has 1 aromatic heterocycles. The Bertz CT molecular complexity index is 1080. The number of carbonyl (C=O) groups excluding carboxylic acids is 2. The molecule has 0 fully saturated rings. The molecular formula is C26H39NO6S2. The van der Waals surface area contributed by atoms with Gasteiger partial charge in [-0.05, 0) is 71.4 Å². The number of Topliss-reactive ketones (excluding diaryl/α,β-unsaturated/α-hetero) is 1. The fourth-order valence-corrected chi connectivity index (χ4v) is 6.06. The van der Waals surface area contributed by atoms with Gasteiger partial charge in [-0.1, -0.05) is 25.5 Å². The van der Waals surface area contributed by atoms with Crippen LogP contribution in [0, 0.1) is 18.8 Å². The van der Waals surface area contributed by atoms with E-state index in [-0.39, 0.29) is 5.92 Å². The van der Waals surface area contributed by atoms with E-state index in [1.165, 1.54) is 25.2 Å². The summed E-state index contributed by atoms with van der Waals surface area (Å²) < 4.78 is 30.1. The van der Waals surface area contributed by atoms with E-state index in [4.69, 9.17) is 4.74 Å². The molecule has 0 saturated carbocycles. The lowest BCUT2D eigenvalue weighted by Crippen LogP contribution is -2.49. The lowest BCUT2D eigenvalue weighted by atomic mass is 9.83. The van der Waals surface area contributed by atoms with E-state index in [0.29, 0.717) is 12.8 Å². The number of ketones is 1. The molecule has 0 radical (unpaired) electrons. The second-order valence-electron chi connectivity index (χ2n) is 10.2. The number of rotatable bonds is 2. The first-order chi connectivity index (χ1) is 16.2. The van der Waals surface area contributed by atoms with Crippen LogP contribution in [0.4, 0.5) is 0 Å². The zero-order chi connectivity index (χ0) is 26.6. The molecule has 0 aliphatic carbocycles. The minimum Gasteiger partial charge on any atom is -0.457 e. The van der Waals surface area contributed by atoms with Crippen molar-refractivity contribution in [2.45, 2.75) is 91.1 Å². The van der Waals surface area contributed by atoms with Gasteiger partial charge >= 0.3 is 5.97 Å². The lowest BCUT2D eigenvalue weighted by molar-refractivity contribution is -0.144. The zero-order valence-corrected chi connectivity index (χ0v) is 23.5. The maximum Gasteiger partial charge on any atom is 0.321 e. The van der Waals surface area contributed by atoms with Crippen LogP contribution in [0.15, 0.2) is 22.6 Å². The van der Waals surface area contributed by atoms with Gasteiger partial charge in [-0.2, -0.15) is 0 Å². The molecule has 7 nitrogen and oxygen atoms in total. The third-order valence-electron chi connectivity index (χ3n) is 6.89. The number of sulfone groups is 1. The first-order valence-corrected chi connectivity index (χ1v) is 14.6. The number of carbonyl (C=O) groups is 2. The van der Waals surface area contributed by atoms with Crippen LogP contribution in [0.2, 0.25) is 0 Å². The predicted molar refractivity (Wildman–Crippen MR) is 140 cm³/mol. The van der Waals surface area contributed by atoms with E-state index in [2.05, 4.69) is 4.98 Å². The number of aliphatic hydroxyl groups is 1. The Labute approximate surface area is 213 Å². The summed E-state index contributed by atoms with van der Waals surface area (Å²) in [7, 11) is -4.19. The van der Waals surface area contributed by atoms with Crippen LogP contribution in [-0.4, -0.2) is 53.0 Å². The zero-order valence-electron chi connectivity index (χ0n) is 21.8. The van der Waals surface area contributed by atoms with E-state index < -0.39 is 50.2 Å². The van der Waals surface area contributed by atoms with Gasteiger partial charge in [-0.15, -0.1) is 11.3 Å². The largest absolute Gasteiger partial charge is 0.457 e.